The van der Waals surface area contributed by atoms with Crippen LogP contribution in [0.25, 0.3) is 0 Å². The van der Waals surface area contributed by atoms with Crippen molar-refractivity contribution in [1.82, 2.24) is 0 Å². The van der Waals surface area contributed by atoms with Gasteiger partial charge in [0.2, 0.25) is 0 Å². The molecule has 3 rings (SSSR count). The molecule has 0 spiro atoms. The molecule has 0 atom stereocenters. The number of nitriles is 1. The maximum absolute atomic E-state index is 9.00. The number of hydrogen-bond donors (Lipinski definition) is 0. The second-order valence-electron chi connectivity index (χ2n) is 5.05. The maximum Gasteiger partial charge on any atom is 0.123 e. The lowest BCUT2D eigenvalue weighted by molar-refractivity contribution is 0.501. The Bertz CT molecular complexity index is 606. The average molecular weight is 252 g/mol. The monoisotopic (exact) mass is 252 g/mol. The van der Waals surface area contributed by atoms with Gasteiger partial charge in [0.25, 0.3) is 0 Å². The molecule has 1 fully saturated rings. The van der Waals surface area contributed by atoms with Crippen LogP contribution in [-0.2, 0) is 6.54 Å². The summed E-state index contributed by atoms with van der Waals surface area (Å²) in [4.78, 5) is 2.37. The van der Waals surface area contributed by atoms with Crippen LogP contribution in [-0.4, -0.2) is 6.04 Å². The predicted octanol–water partition coefficient (Wildman–Crippen LogP) is 3.63. The average Bonchev–Trinajstić information content (AvgIpc) is 3.13. The van der Waals surface area contributed by atoms with E-state index >= 15 is 0 Å². The Labute approximate surface area is 113 Å². The van der Waals surface area contributed by atoms with Gasteiger partial charge in [-0.05, 0) is 55.7 Å². The van der Waals surface area contributed by atoms with Gasteiger partial charge >= 0.3 is 0 Å². The van der Waals surface area contributed by atoms with E-state index in [9.17, 15) is 0 Å². The fraction of sp³-hybridized carbons (Fsp3) is 0.312. The summed E-state index contributed by atoms with van der Waals surface area (Å²) in [7, 11) is 0. The summed E-state index contributed by atoms with van der Waals surface area (Å²) in [6.45, 7) is 2.78. The van der Waals surface area contributed by atoms with Gasteiger partial charge in [-0.15, -0.1) is 0 Å². The Hall–Kier alpha value is -2.21. The third-order valence-electron chi connectivity index (χ3n) is 3.56. The summed E-state index contributed by atoms with van der Waals surface area (Å²) in [5.74, 6) is 0.980. The van der Waals surface area contributed by atoms with Gasteiger partial charge in [0.15, 0.2) is 0 Å². The summed E-state index contributed by atoms with van der Waals surface area (Å²) < 4.78 is 5.44. The van der Waals surface area contributed by atoms with Crippen molar-refractivity contribution in [2.24, 2.45) is 0 Å². The van der Waals surface area contributed by atoms with Crippen LogP contribution in [0.4, 0.5) is 5.69 Å². The number of aryl methyl sites for hydroxylation is 1. The number of hydrogen-bond acceptors (Lipinski definition) is 3. The number of furan rings is 1. The topological polar surface area (TPSA) is 40.2 Å². The second kappa shape index (κ2) is 4.81. The van der Waals surface area contributed by atoms with E-state index in [4.69, 9.17) is 9.68 Å². The molecule has 1 heterocycles. The Morgan fingerprint density at radius 2 is 2.21 bits per heavy atom. The van der Waals surface area contributed by atoms with Crippen molar-refractivity contribution in [3.8, 4) is 6.07 Å². The third-order valence-corrected chi connectivity index (χ3v) is 3.56. The summed E-state index contributed by atoms with van der Waals surface area (Å²) in [6, 6.07) is 12.8. The molecular weight excluding hydrogens is 236 g/mol. The van der Waals surface area contributed by atoms with Crippen molar-refractivity contribution in [3.05, 3.63) is 53.5 Å². The van der Waals surface area contributed by atoms with Crippen molar-refractivity contribution in [1.29, 1.82) is 5.26 Å². The molecular formula is C16H16N2O. The lowest BCUT2D eigenvalue weighted by Crippen LogP contribution is -2.24. The van der Waals surface area contributed by atoms with Crippen LogP contribution < -0.4 is 4.90 Å². The molecule has 0 radical (unpaired) electrons. The lowest BCUT2D eigenvalue weighted by atomic mass is 10.1. The normalized spacial score (nSPS) is 14.1. The minimum absolute atomic E-state index is 0.609. The molecule has 1 saturated carbocycles. The standard InChI is InChI=1S/C16H16N2O/c1-12-9-15(5-4-13(12)10-17)18(14-6-7-14)11-16-3-2-8-19-16/h2-5,8-9,14H,6-7,11H2,1H3. The van der Waals surface area contributed by atoms with Crippen molar-refractivity contribution in [2.75, 3.05) is 4.90 Å². The van der Waals surface area contributed by atoms with Gasteiger partial charge in [-0.1, -0.05) is 0 Å². The first-order chi connectivity index (χ1) is 9.28. The Morgan fingerprint density at radius 3 is 2.79 bits per heavy atom. The van der Waals surface area contributed by atoms with E-state index < -0.39 is 0 Å². The number of benzene rings is 1. The van der Waals surface area contributed by atoms with Crippen LogP contribution in [0.3, 0.4) is 0 Å². The molecule has 0 aliphatic heterocycles. The molecule has 19 heavy (non-hydrogen) atoms. The zero-order valence-electron chi connectivity index (χ0n) is 11.0. The fourth-order valence-electron chi connectivity index (χ4n) is 2.34. The van der Waals surface area contributed by atoms with Crippen LogP contribution in [0.2, 0.25) is 0 Å². The van der Waals surface area contributed by atoms with Gasteiger partial charge in [0.1, 0.15) is 5.76 Å². The van der Waals surface area contributed by atoms with E-state index in [2.05, 4.69) is 17.0 Å². The summed E-state index contributed by atoms with van der Waals surface area (Å²) in [5.41, 5.74) is 2.96. The molecule has 96 valence electrons. The number of rotatable bonds is 4. The van der Waals surface area contributed by atoms with E-state index in [0.29, 0.717) is 6.04 Å². The summed E-state index contributed by atoms with van der Waals surface area (Å²) in [5, 5.41) is 9.00. The molecule has 0 amide bonds. The first-order valence-electron chi connectivity index (χ1n) is 6.57. The molecule has 0 saturated heterocycles. The highest BCUT2D eigenvalue weighted by atomic mass is 16.3. The van der Waals surface area contributed by atoms with Gasteiger partial charge < -0.3 is 9.32 Å². The molecule has 1 aliphatic rings. The molecule has 1 aromatic carbocycles. The van der Waals surface area contributed by atoms with Crippen LogP contribution in [0.15, 0.2) is 41.0 Å². The zero-order chi connectivity index (χ0) is 13.2. The van der Waals surface area contributed by atoms with Gasteiger partial charge in [-0.25, -0.2) is 0 Å². The lowest BCUT2D eigenvalue weighted by Gasteiger charge is -2.24. The second-order valence-corrected chi connectivity index (χ2v) is 5.05. The van der Waals surface area contributed by atoms with E-state index in [1.807, 2.05) is 31.2 Å². The summed E-state index contributed by atoms with van der Waals surface area (Å²) in [6.07, 6.45) is 4.18. The zero-order valence-corrected chi connectivity index (χ0v) is 11.0. The highest BCUT2D eigenvalue weighted by Gasteiger charge is 2.30. The smallest absolute Gasteiger partial charge is 0.123 e. The fourth-order valence-corrected chi connectivity index (χ4v) is 2.34. The van der Waals surface area contributed by atoms with E-state index in [1.54, 1.807) is 6.26 Å². The molecule has 0 N–H and O–H groups in total. The van der Waals surface area contributed by atoms with Crippen molar-refractivity contribution < 1.29 is 4.42 Å². The molecule has 1 aromatic heterocycles. The molecule has 2 aromatic rings. The summed E-state index contributed by atoms with van der Waals surface area (Å²) >= 11 is 0. The van der Waals surface area contributed by atoms with Crippen molar-refractivity contribution in [2.45, 2.75) is 32.4 Å². The Morgan fingerprint density at radius 1 is 1.37 bits per heavy atom. The first kappa shape index (κ1) is 11.9. The van der Waals surface area contributed by atoms with Crippen LogP contribution in [0.5, 0.6) is 0 Å². The van der Waals surface area contributed by atoms with Gasteiger partial charge in [0, 0.05) is 11.7 Å². The van der Waals surface area contributed by atoms with Crippen molar-refractivity contribution in [3.63, 3.8) is 0 Å². The van der Waals surface area contributed by atoms with Gasteiger partial charge in [-0.2, -0.15) is 5.26 Å². The van der Waals surface area contributed by atoms with Crippen LogP contribution >= 0.6 is 0 Å². The molecule has 0 unspecified atom stereocenters. The SMILES string of the molecule is Cc1cc(N(Cc2ccco2)C2CC2)ccc1C#N. The predicted molar refractivity (Wildman–Crippen MR) is 73.8 cm³/mol. The minimum Gasteiger partial charge on any atom is -0.467 e. The van der Waals surface area contributed by atoms with Crippen molar-refractivity contribution >= 4 is 5.69 Å². The van der Waals surface area contributed by atoms with Gasteiger partial charge in [-0.3, -0.25) is 0 Å². The van der Waals surface area contributed by atoms with E-state index in [-0.39, 0.29) is 0 Å². The first-order valence-corrected chi connectivity index (χ1v) is 6.57. The Kier molecular flexibility index (Phi) is 3.00. The minimum atomic E-state index is 0.609. The quantitative estimate of drug-likeness (QED) is 0.834. The van der Waals surface area contributed by atoms with E-state index in [0.717, 1.165) is 23.4 Å². The number of nitrogens with zero attached hydrogens (tertiary/aromatic N) is 2. The molecule has 0 bridgehead atoms. The maximum atomic E-state index is 9.00. The van der Waals surface area contributed by atoms with Gasteiger partial charge in [0.05, 0.1) is 24.4 Å². The number of anilines is 1. The van der Waals surface area contributed by atoms with E-state index in [1.165, 1.54) is 18.5 Å². The highest BCUT2D eigenvalue weighted by molar-refractivity contribution is 5.55. The molecule has 3 heteroatoms. The van der Waals surface area contributed by atoms with Crippen LogP contribution in [0, 0.1) is 18.3 Å². The largest absolute Gasteiger partial charge is 0.467 e. The molecule has 3 nitrogen and oxygen atoms in total. The third kappa shape index (κ3) is 2.48. The molecule has 1 aliphatic carbocycles. The highest BCUT2D eigenvalue weighted by Crippen LogP contribution is 2.33. The van der Waals surface area contributed by atoms with Crippen LogP contribution in [0.1, 0.15) is 29.7 Å². The Balaban J connectivity index is 1.88.